The molecule has 1 amide bonds. The van der Waals surface area contributed by atoms with E-state index in [0.29, 0.717) is 17.9 Å². The number of allylic oxidation sites excluding steroid dienone is 1. The third-order valence-electron chi connectivity index (χ3n) is 4.76. The van der Waals surface area contributed by atoms with E-state index in [1.54, 1.807) is 6.07 Å². The number of hydrogen-bond acceptors (Lipinski definition) is 5. The third-order valence-corrected chi connectivity index (χ3v) is 6.68. The molecule has 1 aromatic carbocycles. The standard InChI is InChI=1S/C21H24ClN3O3S2/c1-2-16-13-29-21(23-16)19(11-14-7-9-17(10-8-14)25-30(27)28)24-20(26)12-15-5-3-4-6-18(15)22/h3-9,13,17,19,30H,2,10-12H2,1H3,(H,24,26)(H,25,27,28)/t17?,19-/m0/s1. The van der Waals surface area contributed by atoms with Gasteiger partial charge in [0.1, 0.15) is 5.01 Å². The van der Waals surface area contributed by atoms with Gasteiger partial charge in [0.05, 0.1) is 18.2 Å². The Balaban J connectivity index is 1.71. The van der Waals surface area contributed by atoms with Crippen molar-refractivity contribution < 1.29 is 13.2 Å². The molecule has 2 atom stereocenters. The molecule has 0 bridgehead atoms. The molecule has 0 fully saturated rings. The van der Waals surface area contributed by atoms with Gasteiger partial charge in [-0.1, -0.05) is 55.0 Å². The van der Waals surface area contributed by atoms with E-state index in [-0.39, 0.29) is 24.4 Å². The molecule has 0 radical (unpaired) electrons. The van der Waals surface area contributed by atoms with Crippen molar-refractivity contribution in [1.29, 1.82) is 0 Å². The number of carbonyl (C=O) groups excluding carboxylic acids is 1. The summed E-state index contributed by atoms with van der Waals surface area (Å²) in [6, 6.07) is 6.82. The Kier molecular flexibility index (Phi) is 8.21. The summed E-state index contributed by atoms with van der Waals surface area (Å²) in [5.74, 6) is -0.121. The Morgan fingerprint density at radius 1 is 1.37 bits per heavy atom. The minimum Gasteiger partial charge on any atom is -0.346 e. The molecule has 6 nitrogen and oxygen atoms in total. The predicted octanol–water partition coefficient (Wildman–Crippen LogP) is 3.52. The minimum absolute atomic E-state index is 0.121. The molecule has 1 heterocycles. The van der Waals surface area contributed by atoms with Crippen LogP contribution in [-0.2, 0) is 28.5 Å². The Hall–Kier alpha value is -2.00. The van der Waals surface area contributed by atoms with Gasteiger partial charge in [-0.05, 0) is 36.5 Å². The van der Waals surface area contributed by atoms with Crippen LogP contribution in [0.4, 0.5) is 0 Å². The summed E-state index contributed by atoms with van der Waals surface area (Å²) < 4.78 is 24.2. The number of halogens is 1. The summed E-state index contributed by atoms with van der Waals surface area (Å²) in [5.41, 5.74) is 2.81. The topological polar surface area (TPSA) is 88.2 Å². The molecular weight excluding hydrogens is 442 g/mol. The number of rotatable bonds is 9. The summed E-state index contributed by atoms with van der Waals surface area (Å²) in [7, 11) is -2.64. The lowest BCUT2D eigenvalue weighted by molar-refractivity contribution is -0.121. The quantitative estimate of drug-likeness (QED) is 0.494. The normalized spacial score (nSPS) is 17.0. The average Bonchev–Trinajstić information content (AvgIpc) is 3.19. The Morgan fingerprint density at radius 3 is 2.80 bits per heavy atom. The highest BCUT2D eigenvalue weighted by atomic mass is 35.5. The summed E-state index contributed by atoms with van der Waals surface area (Å²) in [6.45, 7) is 2.05. The van der Waals surface area contributed by atoms with Gasteiger partial charge in [0.2, 0.25) is 16.8 Å². The zero-order valence-corrected chi connectivity index (χ0v) is 19.0. The molecule has 3 rings (SSSR count). The lowest BCUT2D eigenvalue weighted by Crippen LogP contribution is -2.31. The first-order chi connectivity index (χ1) is 14.4. The number of nitrogens with one attached hydrogen (secondary N) is 2. The van der Waals surface area contributed by atoms with E-state index in [4.69, 9.17) is 11.6 Å². The molecule has 160 valence electrons. The molecule has 9 heteroatoms. The maximum absolute atomic E-state index is 12.7. The molecule has 0 saturated heterocycles. The number of aryl methyl sites for hydroxylation is 1. The lowest BCUT2D eigenvalue weighted by Gasteiger charge is -2.20. The summed E-state index contributed by atoms with van der Waals surface area (Å²) in [4.78, 5) is 17.4. The van der Waals surface area contributed by atoms with Crippen molar-refractivity contribution in [1.82, 2.24) is 15.0 Å². The minimum atomic E-state index is -2.64. The molecule has 2 N–H and O–H groups in total. The van der Waals surface area contributed by atoms with Gasteiger partial charge in [0.15, 0.2) is 0 Å². The first kappa shape index (κ1) is 22.7. The largest absolute Gasteiger partial charge is 0.346 e. The molecule has 0 spiro atoms. The number of thiazole rings is 1. The van der Waals surface area contributed by atoms with Crippen LogP contribution in [0, 0.1) is 0 Å². The van der Waals surface area contributed by atoms with Crippen LogP contribution in [0.25, 0.3) is 0 Å². The van der Waals surface area contributed by atoms with Crippen LogP contribution >= 0.6 is 22.9 Å². The van der Waals surface area contributed by atoms with Gasteiger partial charge in [-0.25, -0.2) is 18.1 Å². The third kappa shape index (κ3) is 6.50. The van der Waals surface area contributed by atoms with Crippen molar-refractivity contribution in [3.63, 3.8) is 0 Å². The maximum Gasteiger partial charge on any atom is 0.225 e. The zero-order chi connectivity index (χ0) is 21.5. The van der Waals surface area contributed by atoms with Gasteiger partial charge in [-0.3, -0.25) is 4.79 Å². The summed E-state index contributed by atoms with van der Waals surface area (Å²) in [5, 5.41) is 6.54. The van der Waals surface area contributed by atoms with Crippen molar-refractivity contribution >= 4 is 39.7 Å². The van der Waals surface area contributed by atoms with Crippen molar-refractivity contribution in [3.8, 4) is 0 Å². The maximum atomic E-state index is 12.7. The molecule has 1 aliphatic carbocycles. The predicted molar refractivity (Wildman–Crippen MR) is 121 cm³/mol. The van der Waals surface area contributed by atoms with Crippen LogP contribution in [0.1, 0.15) is 42.1 Å². The smallest absolute Gasteiger partial charge is 0.225 e. The van der Waals surface area contributed by atoms with Crippen LogP contribution in [-0.4, -0.2) is 25.4 Å². The van der Waals surface area contributed by atoms with E-state index in [2.05, 4.69) is 15.0 Å². The highest BCUT2D eigenvalue weighted by Gasteiger charge is 2.21. The Morgan fingerprint density at radius 2 is 2.17 bits per heavy atom. The number of hydrogen-bond donors (Lipinski definition) is 3. The molecule has 1 unspecified atom stereocenters. The Bertz CT molecular complexity index is 1020. The van der Waals surface area contributed by atoms with Gasteiger partial charge in [-0.15, -0.1) is 11.3 Å². The number of amides is 1. The van der Waals surface area contributed by atoms with Crippen LogP contribution in [0.2, 0.25) is 5.02 Å². The fraction of sp³-hybridized carbons (Fsp3) is 0.333. The zero-order valence-electron chi connectivity index (χ0n) is 16.5. The van der Waals surface area contributed by atoms with Crippen molar-refractivity contribution in [3.05, 3.63) is 74.7 Å². The average molecular weight is 466 g/mol. The first-order valence-electron chi connectivity index (χ1n) is 9.69. The molecular formula is C21H24ClN3O3S2. The van der Waals surface area contributed by atoms with E-state index < -0.39 is 10.9 Å². The van der Waals surface area contributed by atoms with Gasteiger partial charge < -0.3 is 5.32 Å². The van der Waals surface area contributed by atoms with Crippen molar-refractivity contribution in [2.75, 3.05) is 0 Å². The van der Waals surface area contributed by atoms with Crippen LogP contribution in [0.15, 0.2) is 53.4 Å². The monoisotopic (exact) mass is 465 g/mol. The van der Waals surface area contributed by atoms with Crippen LogP contribution in [0.3, 0.4) is 0 Å². The molecule has 30 heavy (non-hydrogen) atoms. The van der Waals surface area contributed by atoms with E-state index in [1.165, 1.54) is 11.3 Å². The highest BCUT2D eigenvalue weighted by Crippen LogP contribution is 2.27. The lowest BCUT2D eigenvalue weighted by atomic mass is 9.98. The number of carbonyl (C=O) groups is 1. The van der Waals surface area contributed by atoms with Gasteiger partial charge in [-0.2, -0.15) is 0 Å². The van der Waals surface area contributed by atoms with E-state index in [1.807, 2.05) is 48.7 Å². The van der Waals surface area contributed by atoms with Gasteiger partial charge in [0, 0.05) is 16.4 Å². The van der Waals surface area contributed by atoms with Gasteiger partial charge >= 0.3 is 0 Å². The Labute approximate surface area is 187 Å². The second kappa shape index (κ2) is 10.9. The van der Waals surface area contributed by atoms with Gasteiger partial charge in [0.25, 0.3) is 0 Å². The summed E-state index contributed by atoms with van der Waals surface area (Å²) >= 11 is 7.73. The fourth-order valence-electron chi connectivity index (χ4n) is 3.19. The number of nitrogens with zero attached hydrogens (tertiary/aromatic N) is 1. The number of aromatic nitrogens is 1. The highest BCUT2D eigenvalue weighted by molar-refractivity contribution is 7.70. The number of thiol groups is 1. The summed E-state index contributed by atoms with van der Waals surface area (Å²) in [6.07, 6.45) is 7.92. The molecule has 1 aromatic heterocycles. The van der Waals surface area contributed by atoms with Crippen molar-refractivity contribution in [2.45, 2.75) is 44.7 Å². The second-order valence-electron chi connectivity index (χ2n) is 6.99. The first-order valence-corrected chi connectivity index (χ1v) is 12.1. The number of benzene rings is 1. The van der Waals surface area contributed by atoms with Crippen molar-refractivity contribution in [2.24, 2.45) is 0 Å². The molecule has 2 aromatic rings. The van der Waals surface area contributed by atoms with E-state index >= 15 is 0 Å². The second-order valence-corrected chi connectivity index (χ2v) is 9.06. The molecule has 0 aliphatic heterocycles. The molecule has 0 saturated carbocycles. The molecule has 1 aliphatic rings. The SMILES string of the molecule is CCc1csc([C@H](CC2=CCC(N[SH](=O)=O)C=C2)NC(=O)Cc2ccccc2Cl)n1. The van der Waals surface area contributed by atoms with Crippen LogP contribution in [0.5, 0.6) is 0 Å². The van der Waals surface area contributed by atoms with Crippen LogP contribution < -0.4 is 10.0 Å². The van der Waals surface area contributed by atoms with E-state index in [9.17, 15) is 13.2 Å². The fourth-order valence-corrected chi connectivity index (χ4v) is 4.81. The van der Waals surface area contributed by atoms with E-state index in [0.717, 1.165) is 28.3 Å².